The van der Waals surface area contributed by atoms with Crippen molar-refractivity contribution in [1.29, 1.82) is 0 Å². The van der Waals surface area contributed by atoms with Crippen molar-refractivity contribution in [1.82, 2.24) is 0 Å². The number of hydrogen-bond acceptors (Lipinski definition) is 16. The van der Waals surface area contributed by atoms with Crippen LogP contribution in [0.25, 0.3) is 0 Å². The molecule has 12 atom stereocenters. The second-order valence-electron chi connectivity index (χ2n) is 17.9. The van der Waals surface area contributed by atoms with E-state index in [1.807, 2.05) is 6.92 Å². The van der Waals surface area contributed by atoms with Crippen LogP contribution in [0.5, 0.6) is 0 Å². The molecule has 0 amide bonds. The Bertz CT molecular complexity index is 1870. The third kappa shape index (κ3) is 27.9. The lowest BCUT2D eigenvalue weighted by atomic mass is 9.83. The van der Waals surface area contributed by atoms with E-state index in [0.29, 0.717) is 19.3 Å². The molecule has 0 aromatic rings. The number of Topliss-reactive ketones (excluding diaryl/α,β-unsaturated/α-hetero) is 1. The summed E-state index contributed by atoms with van der Waals surface area (Å²) < 4.78 is 52.0. The fourth-order valence-electron chi connectivity index (χ4n) is 7.82. The van der Waals surface area contributed by atoms with E-state index in [9.17, 15) is 68.8 Å². The van der Waals surface area contributed by atoms with Crippen LogP contribution in [0, 0.1) is 11.8 Å². The van der Waals surface area contributed by atoms with E-state index in [-0.39, 0.29) is 38.5 Å². The number of allylic oxidation sites excluding steroid dienone is 12. The largest absolute Gasteiger partial charge is 0.472 e. The lowest BCUT2D eigenvalue weighted by molar-refractivity contribution is -0.165. The Morgan fingerprint density at radius 1 is 0.833 bits per heavy atom. The summed E-state index contributed by atoms with van der Waals surface area (Å²) >= 11 is 0. The lowest BCUT2D eigenvalue weighted by Crippen LogP contribution is -2.56. The molecule has 0 spiro atoms. The van der Waals surface area contributed by atoms with Gasteiger partial charge in [0.05, 0.1) is 36.9 Å². The summed E-state index contributed by atoms with van der Waals surface area (Å²) in [5.74, 6) is -5.84. The Morgan fingerprint density at radius 2 is 1.47 bits per heavy atom. The predicted molar refractivity (Wildman–Crippen MR) is 269 cm³/mol. The van der Waals surface area contributed by atoms with Crippen LogP contribution in [0.2, 0.25) is 0 Å². The Morgan fingerprint density at radius 3 is 2.10 bits per heavy atom. The van der Waals surface area contributed by atoms with E-state index >= 15 is 0 Å². The van der Waals surface area contributed by atoms with Gasteiger partial charge in [0.2, 0.25) is 0 Å². The van der Waals surface area contributed by atoms with Gasteiger partial charge in [0.15, 0.2) is 6.10 Å². The number of carbonyl (C=O) groups is 3. The molecule has 2 aliphatic rings. The maximum atomic E-state index is 13.9. The summed E-state index contributed by atoms with van der Waals surface area (Å²) in [6.07, 6.45) is 15.7. The summed E-state index contributed by atoms with van der Waals surface area (Å²) in [5.41, 5.74) is 0. The molecule has 1 aliphatic heterocycles. The van der Waals surface area contributed by atoms with Crippen molar-refractivity contribution < 1.29 is 91.9 Å². The van der Waals surface area contributed by atoms with E-state index in [2.05, 4.69) is 67.7 Å². The molecule has 19 nitrogen and oxygen atoms in total. The molecule has 1 fully saturated rings. The molecule has 0 radical (unpaired) electrons. The number of unbranched alkanes of at least 4 members (excludes halogenated alkanes) is 5. The maximum Gasteiger partial charge on any atom is 0.472 e. The monoisotopic (exact) mass is 1060 g/mol. The summed E-state index contributed by atoms with van der Waals surface area (Å²) in [5, 5.41) is 68.0. The first-order valence-electron chi connectivity index (χ1n) is 25.2. The molecule has 1 saturated carbocycles. The zero-order chi connectivity index (χ0) is 53.4. The molecule has 1 unspecified atom stereocenters. The summed E-state index contributed by atoms with van der Waals surface area (Å²) in [4.78, 5) is 70.6. The van der Waals surface area contributed by atoms with Gasteiger partial charge in [-0.3, -0.25) is 28.0 Å². The number of cyclic esters (lactones) is 1. The Hall–Kier alpha value is -3.23. The Balaban J connectivity index is 2.23. The molecular formula is C51H82O19P2. The van der Waals surface area contributed by atoms with Crippen molar-refractivity contribution in [3.63, 3.8) is 0 Å². The number of aliphatic hydroxyl groups is 6. The quantitative estimate of drug-likeness (QED) is 0.0197. The minimum Gasteiger partial charge on any atom is -0.462 e. The second kappa shape index (κ2) is 36.7. The fraction of sp³-hybridized carbons (Fsp3) is 0.667. The molecule has 72 heavy (non-hydrogen) atoms. The van der Waals surface area contributed by atoms with Gasteiger partial charge in [-0.1, -0.05) is 125 Å². The number of esters is 2. The molecule has 0 saturated heterocycles. The SMILES string of the molecule is CC/C=C\C/C=C\C/C=C\C/C=C\C/C=C\CCCCCC(=O)OC[C@@H]1COP(=O)(O)O[C@H]2[C@H](O)[C@@H](O)[C@H](O)[C@@H](C/C=C\CCCC(=O)O1)[C@@H](O)CC(=O)[C@H](/C=C/[C@@H](O)CCCCC)[C@@H](O)[C@H]2OP(=O)(O)O. The van der Waals surface area contributed by atoms with Crippen LogP contribution in [-0.2, 0) is 46.6 Å². The molecule has 2 bridgehead atoms. The third-order valence-electron chi connectivity index (χ3n) is 11.8. The van der Waals surface area contributed by atoms with E-state index in [0.717, 1.165) is 69.9 Å². The number of ketones is 1. The van der Waals surface area contributed by atoms with Gasteiger partial charge in [0.25, 0.3) is 0 Å². The first-order valence-corrected chi connectivity index (χ1v) is 28.3. The highest BCUT2D eigenvalue weighted by molar-refractivity contribution is 7.47. The van der Waals surface area contributed by atoms with Crippen LogP contribution in [0.4, 0.5) is 0 Å². The van der Waals surface area contributed by atoms with Gasteiger partial charge >= 0.3 is 27.6 Å². The average Bonchev–Trinajstić information content (AvgIpc) is 3.32. The molecule has 0 aromatic carbocycles. The summed E-state index contributed by atoms with van der Waals surface area (Å²) in [7, 11) is -11.5. The first kappa shape index (κ1) is 64.9. The van der Waals surface area contributed by atoms with Crippen molar-refractivity contribution in [3.8, 4) is 0 Å². The van der Waals surface area contributed by atoms with E-state index in [1.165, 1.54) is 6.08 Å². The lowest BCUT2D eigenvalue weighted by Gasteiger charge is -2.38. The maximum absolute atomic E-state index is 13.9. The second-order valence-corrected chi connectivity index (χ2v) is 20.5. The predicted octanol–water partition coefficient (Wildman–Crippen LogP) is 6.76. The van der Waals surface area contributed by atoms with Gasteiger partial charge in [0, 0.05) is 25.2 Å². The molecular weight excluding hydrogens is 978 g/mol. The smallest absolute Gasteiger partial charge is 0.462 e. The van der Waals surface area contributed by atoms with Crippen LogP contribution in [0.3, 0.4) is 0 Å². The fourth-order valence-corrected chi connectivity index (χ4v) is 9.35. The van der Waals surface area contributed by atoms with Crippen LogP contribution in [0.15, 0.2) is 85.1 Å². The number of phosphoric acid groups is 2. The number of phosphoric ester groups is 2. The highest BCUT2D eigenvalue weighted by atomic mass is 31.2. The molecule has 0 aromatic heterocycles. The number of aliphatic hydroxyl groups excluding tert-OH is 6. The third-order valence-corrected chi connectivity index (χ3v) is 13.3. The minimum atomic E-state index is -5.80. The first-order chi connectivity index (χ1) is 34.3. The van der Waals surface area contributed by atoms with Gasteiger partial charge in [0.1, 0.15) is 36.8 Å². The summed E-state index contributed by atoms with van der Waals surface area (Å²) in [6.45, 7) is 2.40. The Labute approximate surface area is 424 Å². The molecule has 1 heterocycles. The Kier molecular flexibility index (Phi) is 33.0. The zero-order valence-corrected chi connectivity index (χ0v) is 43.6. The molecule has 21 heteroatoms. The van der Waals surface area contributed by atoms with E-state index in [4.69, 9.17) is 23.0 Å². The zero-order valence-electron chi connectivity index (χ0n) is 41.8. The molecule has 9 N–H and O–H groups in total. The van der Waals surface area contributed by atoms with Gasteiger partial charge in [-0.2, -0.15) is 0 Å². The van der Waals surface area contributed by atoms with Crippen molar-refractivity contribution >= 4 is 33.4 Å². The topological polar surface area (TPSA) is 314 Å². The number of hydrogen-bond donors (Lipinski definition) is 9. The molecule has 2 rings (SSSR count). The van der Waals surface area contributed by atoms with Crippen molar-refractivity contribution in [2.45, 2.75) is 191 Å². The van der Waals surface area contributed by atoms with E-state index in [1.54, 1.807) is 6.08 Å². The van der Waals surface area contributed by atoms with Crippen LogP contribution in [-0.4, -0.2) is 131 Å². The van der Waals surface area contributed by atoms with Crippen LogP contribution >= 0.6 is 15.6 Å². The number of fused-ring (bicyclic) bond motifs is 4. The van der Waals surface area contributed by atoms with Gasteiger partial charge in [-0.05, 0) is 77.0 Å². The number of ether oxygens (including phenoxy) is 2. The standard InChI is InChI=1S/C51H82O19P2/c1-3-5-7-8-9-10-11-12-13-14-15-16-17-18-19-20-21-22-27-31-44(55)66-36-39-37-67-72(64,65)70-51-49(60)48(59)46(57)40(30-26-23-24-28-32-45(56)68-39)42(53)35-43(54)41(34-33-38(52)29-25-6-4-2)47(58)50(51)69-71(61,62)63/h5,7,9-10,12-13,15-16,18-19,23,26,33-34,38-42,46-53,57-60H,3-4,6,8,11,14,17,20-22,24-25,27-32,35-37H2,1-2H3,(H,64,65)(H2,61,62,63)/b7-5-,10-9-,13-12-,16-15-,19-18-,26-23-,34-33+/t38-,39+,40-,41-,42-,46+,47+,48-,49+,50+,51-/m0/s1. The van der Waals surface area contributed by atoms with Crippen molar-refractivity contribution in [3.05, 3.63) is 85.1 Å². The van der Waals surface area contributed by atoms with Gasteiger partial charge in [-0.15, -0.1) is 0 Å². The highest BCUT2D eigenvalue weighted by Gasteiger charge is 2.51. The van der Waals surface area contributed by atoms with E-state index < -0.39 is 120 Å². The molecule has 1 aliphatic carbocycles. The normalized spacial score (nSPS) is 30.2. The number of rotatable bonds is 25. The molecule has 410 valence electrons. The number of carbonyl (C=O) groups excluding carboxylic acids is 3. The van der Waals surface area contributed by atoms with Gasteiger partial charge < -0.3 is 54.8 Å². The average molecular weight is 1060 g/mol. The minimum absolute atomic E-state index is 0.00650. The highest BCUT2D eigenvalue weighted by Crippen LogP contribution is 2.49. The van der Waals surface area contributed by atoms with Gasteiger partial charge in [-0.25, -0.2) is 9.13 Å². The van der Waals surface area contributed by atoms with Crippen molar-refractivity contribution in [2.24, 2.45) is 11.8 Å². The summed E-state index contributed by atoms with van der Waals surface area (Å²) in [6, 6.07) is 0. The van der Waals surface area contributed by atoms with Crippen LogP contribution in [0.1, 0.15) is 136 Å². The van der Waals surface area contributed by atoms with Crippen molar-refractivity contribution in [2.75, 3.05) is 13.2 Å². The van der Waals surface area contributed by atoms with Crippen LogP contribution < -0.4 is 0 Å².